The van der Waals surface area contributed by atoms with E-state index in [1.807, 2.05) is 10.3 Å². The van der Waals surface area contributed by atoms with Gasteiger partial charge in [-0.2, -0.15) is 0 Å². The largest absolute Gasteiger partial charge is 0.341 e. The van der Waals surface area contributed by atoms with E-state index in [9.17, 15) is 14.0 Å². The zero-order valence-electron chi connectivity index (χ0n) is 14.2. The van der Waals surface area contributed by atoms with Gasteiger partial charge in [-0.15, -0.1) is 11.3 Å². The molecule has 0 atom stereocenters. The van der Waals surface area contributed by atoms with Crippen molar-refractivity contribution in [3.63, 3.8) is 0 Å². The fourth-order valence-corrected chi connectivity index (χ4v) is 4.25. The quantitative estimate of drug-likeness (QED) is 0.710. The lowest BCUT2D eigenvalue weighted by atomic mass is 10.1. The van der Waals surface area contributed by atoms with Gasteiger partial charge in [0.2, 0.25) is 5.91 Å². The van der Waals surface area contributed by atoms with Crippen LogP contribution in [0.3, 0.4) is 0 Å². The van der Waals surface area contributed by atoms with Crippen LogP contribution in [0, 0.1) is 5.82 Å². The van der Waals surface area contributed by atoms with Gasteiger partial charge in [0, 0.05) is 24.0 Å². The standard InChI is InChI=1S/C19H18FN3O2S/c20-14-6-4-13(5-7-14)15-11-26-18-17(15)21-12-23(19(18)25)10-16(24)22-8-2-1-3-9-22/h4-7,11-12H,1-3,8-10H2. The molecular formula is C19H18FN3O2S. The summed E-state index contributed by atoms with van der Waals surface area (Å²) >= 11 is 1.30. The number of carbonyl (C=O) groups excluding carboxylic acids is 1. The van der Waals surface area contributed by atoms with E-state index < -0.39 is 0 Å². The van der Waals surface area contributed by atoms with Gasteiger partial charge in [0.05, 0.1) is 11.8 Å². The topological polar surface area (TPSA) is 55.2 Å². The molecule has 1 saturated heterocycles. The molecule has 0 unspecified atom stereocenters. The molecule has 7 heteroatoms. The molecule has 1 aliphatic rings. The fraction of sp³-hybridized carbons (Fsp3) is 0.316. The summed E-state index contributed by atoms with van der Waals surface area (Å²) in [5.74, 6) is -0.344. The Morgan fingerprint density at radius 3 is 2.62 bits per heavy atom. The highest BCUT2D eigenvalue weighted by Gasteiger charge is 2.19. The SMILES string of the molecule is O=C(Cn1cnc2c(-c3ccc(F)cc3)csc2c1=O)N1CCCCC1. The number of carbonyl (C=O) groups is 1. The molecule has 2 aromatic heterocycles. The molecule has 1 amide bonds. The molecule has 4 rings (SSSR count). The van der Waals surface area contributed by atoms with Crippen LogP contribution in [-0.4, -0.2) is 33.4 Å². The van der Waals surface area contributed by atoms with E-state index in [1.54, 1.807) is 12.1 Å². The molecule has 0 spiro atoms. The van der Waals surface area contributed by atoms with Gasteiger partial charge < -0.3 is 4.90 Å². The number of aromatic nitrogens is 2. The molecule has 0 aliphatic carbocycles. The maximum absolute atomic E-state index is 13.1. The van der Waals surface area contributed by atoms with Gasteiger partial charge in [0.25, 0.3) is 5.56 Å². The van der Waals surface area contributed by atoms with Gasteiger partial charge in [0.1, 0.15) is 17.1 Å². The number of nitrogens with zero attached hydrogens (tertiary/aromatic N) is 3. The Morgan fingerprint density at radius 2 is 1.88 bits per heavy atom. The van der Waals surface area contributed by atoms with Crippen LogP contribution in [0.15, 0.2) is 40.8 Å². The molecule has 0 N–H and O–H groups in total. The van der Waals surface area contributed by atoms with Crippen molar-refractivity contribution in [1.82, 2.24) is 14.5 Å². The predicted molar refractivity (Wildman–Crippen MR) is 99.7 cm³/mol. The first kappa shape index (κ1) is 16.9. The summed E-state index contributed by atoms with van der Waals surface area (Å²) in [5.41, 5.74) is 2.00. The summed E-state index contributed by atoms with van der Waals surface area (Å²) in [4.78, 5) is 31.4. The molecule has 134 valence electrons. The lowest BCUT2D eigenvalue weighted by Gasteiger charge is -2.26. The zero-order valence-corrected chi connectivity index (χ0v) is 15.0. The summed E-state index contributed by atoms with van der Waals surface area (Å²) in [6.07, 6.45) is 4.62. The van der Waals surface area contributed by atoms with Gasteiger partial charge in [-0.05, 0) is 37.0 Å². The van der Waals surface area contributed by atoms with E-state index in [2.05, 4.69) is 4.98 Å². The zero-order chi connectivity index (χ0) is 18.1. The number of amides is 1. The fourth-order valence-electron chi connectivity index (χ4n) is 3.28. The van der Waals surface area contributed by atoms with Crippen molar-refractivity contribution in [2.75, 3.05) is 13.1 Å². The summed E-state index contributed by atoms with van der Waals surface area (Å²) in [6, 6.07) is 6.11. The van der Waals surface area contributed by atoms with Crippen LogP contribution in [0.2, 0.25) is 0 Å². The second-order valence-corrected chi connectivity index (χ2v) is 7.33. The number of hydrogen-bond donors (Lipinski definition) is 0. The minimum absolute atomic E-state index is 0.0194. The summed E-state index contributed by atoms with van der Waals surface area (Å²) in [5, 5.41) is 1.85. The lowest BCUT2D eigenvalue weighted by Crippen LogP contribution is -2.39. The summed E-state index contributed by atoms with van der Waals surface area (Å²) in [7, 11) is 0. The first-order chi connectivity index (χ1) is 12.6. The first-order valence-corrected chi connectivity index (χ1v) is 9.52. The summed E-state index contributed by atoms with van der Waals surface area (Å²) < 4.78 is 15.0. The Balaban J connectivity index is 1.64. The van der Waals surface area contributed by atoms with Crippen LogP contribution in [0.4, 0.5) is 4.39 Å². The second kappa shape index (κ2) is 6.99. The van der Waals surface area contributed by atoms with Crippen LogP contribution < -0.4 is 5.56 Å². The van der Waals surface area contributed by atoms with E-state index in [0.29, 0.717) is 10.2 Å². The Labute approximate surface area is 153 Å². The first-order valence-electron chi connectivity index (χ1n) is 8.64. The highest BCUT2D eigenvalue weighted by atomic mass is 32.1. The van der Waals surface area contributed by atoms with E-state index in [4.69, 9.17) is 0 Å². The van der Waals surface area contributed by atoms with Crippen molar-refractivity contribution in [1.29, 1.82) is 0 Å². The van der Waals surface area contributed by atoms with Crippen LogP contribution in [-0.2, 0) is 11.3 Å². The van der Waals surface area contributed by atoms with Gasteiger partial charge in [-0.1, -0.05) is 12.1 Å². The minimum Gasteiger partial charge on any atom is -0.341 e. The number of fused-ring (bicyclic) bond motifs is 1. The molecule has 5 nitrogen and oxygen atoms in total. The molecule has 0 saturated carbocycles. The van der Waals surface area contributed by atoms with Crippen molar-refractivity contribution in [3.05, 3.63) is 52.1 Å². The van der Waals surface area contributed by atoms with Crippen molar-refractivity contribution < 1.29 is 9.18 Å². The van der Waals surface area contributed by atoms with Gasteiger partial charge in [0.15, 0.2) is 0 Å². The Kier molecular flexibility index (Phi) is 4.55. The predicted octanol–water partition coefficient (Wildman–Crippen LogP) is 3.28. The molecular weight excluding hydrogens is 353 g/mol. The van der Waals surface area contributed by atoms with Crippen molar-refractivity contribution in [3.8, 4) is 11.1 Å². The number of hydrogen-bond acceptors (Lipinski definition) is 4. The van der Waals surface area contributed by atoms with Crippen molar-refractivity contribution in [2.24, 2.45) is 0 Å². The van der Waals surface area contributed by atoms with Crippen LogP contribution in [0.25, 0.3) is 21.3 Å². The minimum atomic E-state index is -0.306. The molecule has 0 radical (unpaired) electrons. The van der Waals surface area contributed by atoms with Crippen LogP contribution in [0.5, 0.6) is 0 Å². The monoisotopic (exact) mass is 371 g/mol. The molecule has 1 aliphatic heterocycles. The molecule has 1 fully saturated rings. The lowest BCUT2D eigenvalue weighted by molar-refractivity contribution is -0.132. The van der Waals surface area contributed by atoms with E-state index >= 15 is 0 Å². The number of rotatable bonds is 3. The molecule has 3 aromatic rings. The van der Waals surface area contributed by atoms with Crippen molar-refractivity contribution in [2.45, 2.75) is 25.8 Å². The molecule has 0 bridgehead atoms. The smallest absolute Gasteiger partial charge is 0.271 e. The Hall–Kier alpha value is -2.54. The van der Waals surface area contributed by atoms with Gasteiger partial charge >= 0.3 is 0 Å². The number of likely N-dealkylation sites (tertiary alicyclic amines) is 1. The third-order valence-electron chi connectivity index (χ3n) is 4.72. The maximum atomic E-state index is 13.1. The van der Waals surface area contributed by atoms with Crippen molar-refractivity contribution >= 4 is 27.5 Å². The third-order valence-corrected chi connectivity index (χ3v) is 5.67. The highest BCUT2D eigenvalue weighted by molar-refractivity contribution is 7.17. The third kappa shape index (κ3) is 3.14. The number of thiophene rings is 1. The second-order valence-electron chi connectivity index (χ2n) is 6.45. The van der Waals surface area contributed by atoms with Gasteiger partial charge in [-0.3, -0.25) is 14.2 Å². The van der Waals surface area contributed by atoms with E-state index in [0.717, 1.165) is 43.5 Å². The van der Waals surface area contributed by atoms with E-state index in [1.165, 1.54) is 34.4 Å². The molecule has 1 aromatic carbocycles. The van der Waals surface area contributed by atoms with E-state index in [-0.39, 0.29) is 23.8 Å². The Morgan fingerprint density at radius 1 is 1.15 bits per heavy atom. The molecule has 26 heavy (non-hydrogen) atoms. The number of halogens is 1. The van der Waals surface area contributed by atoms with Gasteiger partial charge in [-0.25, -0.2) is 9.37 Å². The average Bonchev–Trinajstić information content (AvgIpc) is 3.10. The maximum Gasteiger partial charge on any atom is 0.271 e. The Bertz CT molecular complexity index is 1000. The number of benzene rings is 1. The normalized spacial score (nSPS) is 14.7. The highest BCUT2D eigenvalue weighted by Crippen LogP contribution is 2.30. The molecule has 3 heterocycles. The van der Waals surface area contributed by atoms with Crippen LogP contribution >= 0.6 is 11.3 Å². The average molecular weight is 371 g/mol. The summed E-state index contributed by atoms with van der Waals surface area (Å²) in [6.45, 7) is 1.54. The number of piperidine rings is 1. The van der Waals surface area contributed by atoms with Crippen LogP contribution in [0.1, 0.15) is 19.3 Å².